The van der Waals surface area contributed by atoms with Crippen molar-refractivity contribution in [1.29, 1.82) is 0 Å². The minimum Gasteiger partial charge on any atom is -0.361 e. The number of aryl methyl sites for hydroxylation is 2. The fourth-order valence-corrected chi connectivity index (χ4v) is 2.54. The second-order valence-electron chi connectivity index (χ2n) is 5.27. The van der Waals surface area contributed by atoms with Crippen LogP contribution in [0, 0.1) is 13.8 Å². The summed E-state index contributed by atoms with van der Waals surface area (Å²) in [5.74, 6) is 1.92. The molecule has 0 radical (unpaired) electrons. The smallest absolute Gasteiger partial charge is 0.231 e. The van der Waals surface area contributed by atoms with Gasteiger partial charge in [-0.05, 0) is 31.4 Å². The zero-order valence-electron chi connectivity index (χ0n) is 12.3. The quantitative estimate of drug-likeness (QED) is 0.626. The van der Waals surface area contributed by atoms with Crippen molar-refractivity contribution in [3.63, 3.8) is 0 Å². The molecule has 3 heterocycles. The first-order chi connectivity index (χ1) is 10.7. The molecule has 110 valence electrons. The lowest BCUT2D eigenvalue weighted by Crippen LogP contribution is -1.91. The van der Waals surface area contributed by atoms with Crippen LogP contribution in [-0.4, -0.2) is 20.3 Å². The molecule has 6 heteroatoms. The van der Waals surface area contributed by atoms with Crippen molar-refractivity contribution in [3.05, 3.63) is 53.4 Å². The minimum atomic E-state index is 0.527. The number of rotatable bonds is 3. The molecule has 0 bridgehead atoms. The molecule has 0 atom stereocenters. The van der Waals surface area contributed by atoms with Gasteiger partial charge in [0, 0.05) is 22.8 Å². The number of aromatic nitrogens is 4. The van der Waals surface area contributed by atoms with E-state index in [9.17, 15) is 0 Å². The van der Waals surface area contributed by atoms with E-state index in [4.69, 9.17) is 9.05 Å². The van der Waals surface area contributed by atoms with E-state index in [1.54, 1.807) is 0 Å². The van der Waals surface area contributed by atoms with Gasteiger partial charge in [-0.15, -0.1) is 0 Å². The van der Waals surface area contributed by atoms with E-state index in [0.29, 0.717) is 18.1 Å². The van der Waals surface area contributed by atoms with E-state index in [1.165, 1.54) is 0 Å². The number of nitrogens with zero attached hydrogens (tertiary/aromatic N) is 3. The van der Waals surface area contributed by atoms with Crippen molar-refractivity contribution in [2.24, 2.45) is 0 Å². The maximum absolute atomic E-state index is 5.36. The number of nitrogens with one attached hydrogen (secondary N) is 1. The van der Waals surface area contributed by atoms with Crippen LogP contribution in [0.1, 0.15) is 22.9 Å². The van der Waals surface area contributed by atoms with Gasteiger partial charge in [0.2, 0.25) is 11.7 Å². The summed E-state index contributed by atoms with van der Waals surface area (Å²) in [5, 5.41) is 9.16. The third kappa shape index (κ3) is 2.09. The van der Waals surface area contributed by atoms with Gasteiger partial charge in [-0.2, -0.15) is 4.98 Å². The van der Waals surface area contributed by atoms with Crippen LogP contribution >= 0.6 is 0 Å². The third-order valence-electron chi connectivity index (χ3n) is 3.79. The predicted molar refractivity (Wildman–Crippen MR) is 80.4 cm³/mol. The molecule has 0 amide bonds. The van der Waals surface area contributed by atoms with Crippen LogP contribution in [0.5, 0.6) is 0 Å². The minimum absolute atomic E-state index is 0.527. The van der Waals surface area contributed by atoms with Crippen molar-refractivity contribution >= 4 is 10.9 Å². The summed E-state index contributed by atoms with van der Waals surface area (Å²) in [6.45, 7) is 3.79. The van der Waals surface area contributed by atoms with E-state index in [1.807, 2.05) is 44.3 Å². The van der Waals surface area contributed by atoms with Crippen molar-refractivity contribution in [2.45, 2.75) is 20.3 Å². The van der Waals surface area contributed by atoms with E-state index < -0.39 is 0 Å². The average molecular weight is 294 g/mol. The van der Waals surface area contributed by atoms with Gasteiger partial charge in [0.05, 0.1) is 12.1 Å². The molecule has 0 fully saturated rings. The molecule has 0 spiro atoms. The molecule has 22 heavy (non-hydrogen) atoms. The highest BCUT2D eigenvalue weighted by molar-refractivity contribution is 5.83. The maximum Gasteiger partial charge on any atom is 0.231 e. The Hall–Kier alpha value is -2.89. The van der Waals surface area contributed by atoms with Crippen LogP contribution in [0.4, 0.5) is 0 Å². The molecule has 4 aromatic rings. The average Bonchev–Trinajstić information content (AvgIpc) is 3.23. The summed E-state index contributed by atoms with van der Waals surface area (Å²) >= 11 is 0. The molecule has 0 aliphatic carbocycles. The van der Waals surface area contributed by atoms with Crippen molar-refractivity contribution < 1.29 is 9.05 Å². The first-order valence-electron chi connectivity index (χ1n) is 7.02. The van der Waals surface area contributed by atoms with Gasteiger partial charge in [0.15, 0.2) is 0 Å². The third-order valence-corrected chi connectivity index (χ3v) is 3.79. The van der Waals surface area contributed by atoms with Crippen molar-refractivity contribution in [3.8, 4) is 11.4 Å². The van der Waals surface area contributed by atoms with Gasteiger partial charge >= 0.3 is 0 Å². The lowest BCUT2D eigenvalue weighted by atomic mass is 10.1. The van der Waals surface area contributed by atoms with Crippen LogP contribution in [0.25, 0.3) is 22.3 Å². The van der Waals surface area contributed by atoms with Gasteiger partial charge in [-0.25, -0.2) is 0 Å². The number of H-pyrrole nitrogens is 1. The summed E-state index contributed by atoms with van der Waals surface area (Å²) in [5.41, 5.74) is 3.82. The summed E-state index contributed by atoms with van der Waals surface area (Å²) in [6, 6.07) is 8.06. The van der Waals surface area contributed by atoms with Crippen LogP contribution in [-0.2, 0) is 6.42 Å². The summed E-state index contributed by atoms with van der Waals surface area (Å²) in [6.07, 6.45) is 2.44. The normalized spacial score (nSPS) is 11.4. The Balaban J connectivity index is 1.66. The van der Waals surface area contributed by atoms with Gasteiger partial charge in [-0.1, -0.05) is 22.4 Å². The first kappa shape index (κ1) is 12.8. The summed E-state index contributed by atoms with van der Waals surface area (Å²) in [4.78, 5) is 7.65. The maximum atomic E-state index is 5.36. The lowest BCUT2D eigenvalue weighted by molar-refractivity contribution is 0.381. The topological polar surface area (TPSA) is 80.7 Å². The number of hydrogen-bond acceptors (Lipinski definition) is 5. The predicted octanol–water partition coefficient (Wildman–Crippen LogP) is 3.41. The van der Waals surface area contributed by atoms with E-state index in [0.717, 1.165) is 33.5 Å². The fraction of sp³-hybridized carbons (Fsp3) is 0.188. The number of hydrogen-bond donors (Lipinski definition) is 1. The number of fused-ring (bicyclic) bond motifs is 1. The molecule has 6 nitrogen and oxygen atoms in total. The second kappa shape index (κ2) is 4.84. The standard InChI is InChI=1S/C16H14N4O2/c1-9-13(10(2)21-19-9)8-15-18-16(20-22-15)12-4-3-11-5-6-17-14(11)7-12/h3-7,17H,8H2,1-2H3. The molecule has 0 unspecified atom stereocenters. The second-order valence-corrected chi connectivity index (χ2v) is 5.27. The van der Waals surface area contributed by atoms with Gasteiger partial charge in [0.1, 0.15) is 5.76 Å². The SMILES string of the molecule is Cc1noc(C)c1Cc1nc(-c2ccc3cc[nH]c3c2)no1. The molecule has 1 aromatic carbocycles. The van der Waals surface area contributed by atoms with Crippen LogP contribution < -0.4 is 0 Å². The monoisotopic (exact) mass is 294 g/mol. The molecule has 0 saturated carbocycles. The molecule has 3 aromatic heterocycles. The Morgan fingerprint density at radius 1 is 1.09 bits per heavy atom. The number of benzene rings is 1. The number of aromatic amines is 1. The zero-order valence-corrected chi connectivity index (χ0v) is 12.3. The molecule has 0 saturated heterocycles. The fourth-order valence-electron chi connectivity index (χ4n) is 2.54. The highest BCUT2D eigenvalue weighted by Crippen LogP contribution is 2.23. The molecule has 4 rings (SSSR count). The highest BCUT2D eigenvalue weighted by Gasteiger charge is 2.15. The van der Waals surface area contributed by atoms with Crippen molar-refractivity contribution in [1.82, 2.24) is 20.3 Å². The Morgan fingerprint density at radius 2 is 2.00 bits per heavy atom. The van der Waals surface area contributed by atoms with Gasteiger partial charge in [-0.3, -0.25) is 0 Å². The first-order valence-corrected chi connectivity index (χ1v) is 7.02. The van der Waals surface area contributed by atoms with Gasteiger partial charge < -0.3 is 14.0 Å². The Labute approximate surface area is 126 Å². The lowest BCUT2D eigenvalue weighted by Gasteiger charge is -1.95. The van der Waals surface area contributed by atoms with Crippen molar-refractivity contribution in [2.75, 3.05) is 0 Å². The molecule has 1 N–H and O–H groups in total. The van der Waals surface area contributed by atoms with E-state index in [-0.39, 0.29) is 0 Å². The molecule has 0 aliphatic rings. The van der Waals surface area contributed by atoms with E-state index >= 15 is 0 Å². The highest BCUT2D eigenvalue weighted by atomic mass is 16.5. The van der Waals surface area contributed by atoms with Crippen LogP contribution in [0.15, 0.2) is 39.5 Å². The summed E-state index contributed by atoms with van der Waals surface area (Å²) in [7, 11) is 0. The van der Waals surface area contributed by atoms with E-state index in [2.05, 4.69) is 20.3 Å². The molecule has 0 aliphatic heterocycles. The van der Waals surface area contributed by atoms with Crippen LogP contribution in [0.3, 0.4) is 0 Å². The Morgan fingerprint density at radius 3 is 2.82 bits per heavy atom. The Bertz CT molecular complexity index is 929. The summed E-state index contributed by atoms with van der Waals surface area (Å²) < 4.78 is 10.5. The molecular weight excluding hydrogens is 280 g/mol. The Kier molecular flexibility index (Phi) is 2.82. The largest absolute Gasteiger partial charge is 0.361 e. The molecular formula is C16H14N4O2. The van der Waals surface area contributed by atoms with Crippen LogP contribution in [0.2, 0.25) is 0 Å². The van der Waals surface area contributed by atoms with Gasteiger partial charge in [0.25, 0.3) is 0 Å². The zero-order chi connectivity index (χ0) is 15.1.